The predicted octanol–water partition coefficient (Wildman–Crippen LogP) is 2.93. The Morgan fingerprint density at radius 3 is 2.56 bits per heavy atom. The molecule has 4 heteroatoms. The van der Waals surface area contributed by atoms with E-state index in [1.54, 1.807) is 18.2 Å². The summed E-state index contributed by atoms with van der Waals surface area (Å²) in [6.45, 7) is 5.87. The number of aliphatic hydroxyl groups is 1. The summed E-state index contributed by atoms with van der Waals surface area (Å²) in [5, 5.41) is 13.4. The smallest absolute Gasteiger partial charge is 0.251 e. The highest BCUT2D eigenvalue weighted by Crippen LogP contribution is 2.19. The van der Waals surface area contributed by atoms with Crippen LogP contribution in [0.5, 0.6) is 0 Å². The van der Waals surface area contributed by atoms with Gasteiger partial charge in [0.1, 0.15) is 0 Å². The van der Waals surface area contributed by atoms with Crippen molar-refractivity contribution in [2.75, 3.05) is 6.54 Å². The first-order chi connectivity index (χ1) is 8.43. The fourth-order valence-electron chi connectivity index (χ4n) is 1.69. The van der Waals surface area contributed by atoms with Crippen molar-refractivity contribution < 1.29 is 9.90 Å². The third-order valence-electron chi connectivity index (χ3n) is 3.41. The zero-order valence-electron chi connectivity index (χ0n) is 11.1. The third-order valence-corrected chi connectivity index (χ3v) is 3.82. The summed E-state index contributed by atoms with van der Waals surface area (Å²) < 4.78 is 0. The highest BCUT2D eigenvalue weighted by atomic mass is 35.5. The molecule has 0 unspecified atom stereocenters. The summed E-state index contributed by atoms with van der Waals surface area (Å²) >= 11 is 5.97. The van der Waals surface area contributed by atoms with Gasteiger partial charge in [-0.2, -0.15) is 0 Å². The Balaban J connectivity index is 2.75. The summed E-state index contributed by atoms with van der Waals surface area (Å²) in [6, 6.07) is 5.23. The van der Waals surface area contributed by atoms with Crippen LogP contribution in [0.2, 0.25) is 5.02 Å². The lowest BCUT2D eigenvalue weighted by molar-refractivity contribution is 0.0314. The van der Waals surface area contributed by atoms with Gasteiger partial charge < -0.3 is 10.4 Å². The molecule has 2 N–H and O–H groups in total. The van der Waals surface area contributed by atoms with Crippen LogP contribution in [0, 0.1) is 6.92 Å². The maximum absolute atomic E-state index is 12.0. The second kappa shape index (κ2) is 6.21. The Labute approximate surface area is 113 Å². The highest BCUT2D eigenvalue weighted by Gasteiger charge is 2.23. The number of carbonyl (C=O) groups excluding carboxylic acids is 1. The van der Waals surface area contributed by atoms with E-state index in [0.717, 1.165) is 5.56 Å². The SMILES string of the molecule is CCC(O)(CC)CNC(=O)c1cccc(Cl)c1C. The second-order valence-corrected chi connectivity index (χ2v) is 4.93. The molecule has 0 heterocycles. The summed E-state index contributed by atoms with van der Waals surface area (Å²) in [7, 11) is 0. The number of halogens is 1. The molecular formula is C14H20ClNO2. The van der Waals surface area contributed by atoms with Crippen LogP contribution in [0.3, 0.4) is 0 Å². The van der Waals surface area contributed by atoms with Crippen molar-refractivity contribution in [1.29, 1.82) is 0 Å². The molecule has 0 saturated heterocycles. The monoisotopic (exact) mass is 269 g/mol. The first-order valence-corrected chi connectivity index (χ1v) is 6.57. The van der Waals surface area contributed by atoms with Gasteiger partial charge in [0.25, 0.3) is 5.91 Å². The fraction of sp³-hybridized carbons (Fsp3) is 0.500. The van der Waals surface area contributed by atoms with Crippen LogP contribution in [0.15, 0.2) is 18.2 Å². The lowest BCUT2D eigenvalue weighted by atomic mass is 9.97. The Morgan fingerprint density at radius 1 is 1.39 bits per heavy atom. The number of hydrogen-bond acceptors (Lipinski definition) is 2. The molecule has 0 saturated carbocycles. The quantitative estimate of drug-likeness (QED) is 0.863. The molecular weight excluding hydrogens is 250 g/mol. The number of nitrogens with one attached hydrogen (secondary N) is 1. The van der Waals surface area contributed by atoms with Gasteiger partial charge in [-0.1, -0.05) is 31.5 Å². The van der Waals surface area contributed by atoms with Crippen molar-refractivity contribution in [2.45, 2.75) is 39.2 Å². The normalized spacial score (nSPS) is 11.4. The zero-order chi connectivity index (χ0) is 13.8. The second-order valence-electron chi connectivity index (χ2n) is 4.53. The van der Waals surface area contributed by atoms with Gasteiger partial charge in [-0.05, 0) is 37.5 Å². The van der Waals surface area contributed by atoms with Gasteiger partial charge in [-0.15, -0.1) is 0 Å². The van der Waals surface area contributed by atoms with E-state index < -0.39 is 5.60 Å². The largest absolute Gasteiger partial charge is 0.388 e. The molecule has 3 nitrogen and oxygen atoms in total. The molecule has 0 aromatic heterocycles. The minimum Gasteiger partial charge on any atom is -0.388 e. The standard InChI is InChI=1S/C14H20ClNO2/c1-4-14(18,5-2)9-16-13(17)11-7-6-8-12(15)10(11)3/h6-8,18H,4-5,9H2,1-3H3,(H,16,17). The third kappa shape index (κ3) is 3.47. The number of hydrogen-bond donors (Lipinski definition) is 2. The van der Waals surface area contributed by atoms with Gasteiger partial charge in [0, 0.05) is 17.1 Å². The lowest BCUT2D eigenvalue weighted by Crippen LogP contribution is -2.42. The molecule has 0 radical (unpaired) electrons. The lowest BCUT2D eigenvalue weighted by Gasteiger charge is -2.25. The summed E-state index contributed by atoms with van der Waals surface area (Å²) in [5.74, 6) is -0.199. The van der Waals surface area contributed by atoms with Crippen LogP contribution in [-0.4, -0.2) is 23.2 Å². The molecule has 0 aliphatic carbocycles. The Morgan fingerprint density at radius 2 is 2.00 bits per heavy atom. The van der Waals surface area contributed by atoms with Gasteiger partial charge in [0.15, 0.2) is 0 Å². The topological polar surface area (TPSA) is 49.3 Å². The van der Waals surface area contributed by atoms with E-state index in [1.165, 1.54) is 0 Å². The molecule has 0 aliphatic heterocycles. The van der Waals surface area contributed by atoms with Crippen LogP contribution >= 0.6 is 11.6 Å². The van der Waals surface area contributed by atoms with Crippen LogP contribution < -0.4 is 5.32 Å². The fourth-order valence-corrected chi connectivity index (χ4v) is 1.87. The van der Waals surface area contributed by atoms with E-state index in [1.807, 2.05) is 20.8 Å². The minimum atomic E-state index is -0.831. The average Bonchev–Trinajstić information content (AvgIpc) is 2.39. The van der Waals surface area contributed by atoms with Gasteiger partial charge in [-0.3, -0.25) is 4.79 Å². The maximum atomic E-state index is 12.0. The summed E-state index contributed by atoms with van der Waals surface area (Å²) in [4.78, 5) is 12.0. The van der Waals surface area contributed by atoms with Crippen LogP contribution in [-0.2, 0) is 0 Å². The number of carbonyl (C=O) groups is 1. The van der Waals surface area contributed by atoms with Crippen molar-refractivity contribution in [3.8, 4) is 0 Å². The molecule has 0 aliphatic rings. The van der Waals surface area contributed by atoms with E-state index >= 15 is 0 Å². The Kier molecular flexibility index (Phi) is 5.17. The van der Waals surface area contributed by atoms with Crippen molar-refractivity contribution in [3.05, 3.63) is 34.3 Å². The van der Waals surface area contributed by atoms with Gasteiger partial charge in [0.2, 0.25) is 0 Å². The maximum Gasteiger partial charge on any atom is 0.251 e. The molecule has 0 bridgehead atoms. The average molecular weight is 270 g/mol. The summed E-state index contributed by atoms with van der Waals surface area (Å²) in [6.07, 6.45) is 1.22. The van der Waals surface area contributed by atoms with Crippen LogP contribution in [0.25, 0.3) is 0 Å². The van der Waals surface area contributed by atoms with Gasteiger partial charge >= 0.3 is 0 Å². The Bertz CT molecular complexity index is 428. The van der Waals surface area contributed by atoms with Crippen molar-refractivity contribution in [1.82, 2.24) is 5.32 Å². The minimum absolute atomic E-state index is 0.199. The van der Waals surface area contributed by atoms with Gasteiger partial charge in [-0.25, -0.2) is 0 Å². The highest BCUT2D eigenvalue weighted by molar-refractivity contribution is 6.31. The molecule has 1 aromatic carbocycles. The summed E-state index contributed by atoms with van der Waals surface area (Å²) in [5.41, 5.74) is 0.479. The molecule has 18 heavy (non-hydrogen) atoms. The van der Waals surface area contributed by atoms with Crippen LogP contribution in [0.1, 0.15) is 42.6 Å². The molecule has 1 amide bonds. The molecule has 100 valence electrons. The zero-order valence-corrected chi connectivity index (χ0v) is 11.8. The van der Waals surface area contributed by atoms with E-state index in [2.05, 4.69) is 5.32 Å². The molecule has 0 fully saturated rings. The first-order valence-electron chi connectivity index (χ1n) is 6.19. The molecule has 1 rings (SSSR count). The van der Waals surface area contributed by atoms with Crippen molar-refractivity contribution in [3.63, 3.8) is 0 Å². The van der Waals surface area contributed by atoms with E-state index in [4.69, 9.17) is 11.6 Å². The van der Waals surface area contributed by atoms with Crippen LogP contribution in [0.4, 0.5) is 0 Å². The van der Waals surface area contributed by atoms with E-state index in [0.29, 0.717) is 23.4 Å². The van der Waals surface area contributed by atoms with Gasteiger partial charge in [0.05, 0.1) is 5.60 Å². The molecule has 1 aromatic rings. The van der Waals surface area contributed by atoms with Crippen molar-refractivity contribution >= 4 is 17.5 Å². The first kappa shape index (κ1) is 15.0. The predicted molar refractivity (Wildman–Crippen MR) is 74.1 cm³/mol. The Hall–Kier alpha value is -1.06. The number of benzene rings is 1. The molecule has 0 spiro atoms. The number of amides is 1. The van der Waals surface area contributed by atoms with E-state index in [-0.39, 0.29) is 12.5 Å². The van der Waals surface area contributed by atoms with E-state index in [9.17, 15) is 9.90 Å². The van der Waals surface area contributed by atoms with Crippen molar-refractivity contribution in [2.24, 2.45) is 0 Å². The number of rotatable bonds is 5. The molecule has 0 atom stereocenters.